The molecule has 0 aliphatic heterocycles. The molecule has 3 rings (SSSR count). The summed E-state index contributed by atoms with van der Waals surface area (Å²) in [6.45, 7) is 0.540. The van der Waals surface area contributed by atoms with Crippen molar-refractivity contribution in [3.05, 3.63) is 59.7 Å². The van der Waals surface area contributed by atoms with Crippen LogP contribution in [0.4, 0.5) is 4.79 Å². The van der Waals surface area contributed by atoms with E-state index in [-0.39, 0.29) is 31.5 Å². The SMILES string of the molecule is COC(=O)CCN(C)C(=O)OCC1c2ccccc2-c2ccccc21. The number of methoxy groups -OCH3 is 1. The van der Waals surface area contributed by atoms with Crippen LogP contribution in [0.3, 0.4) is 0 Å². The molecule has 0 atom stereocenters. The van der Waals surface area contributed by atoms with E-state index in [2.05, 4.69) is 29.0 Å². The average molecular weight is 339 g/mol. The number of nitrogens with zero attached hydrogens (tertiary/aromatic N) is 1. The number of ether oxygens (including phenoxy) is 2. The molecule has 1 aliphatic rings. The Labute approximate surface area is 147 Å². The minimum absolute atomic E-state index is 0.0327. The minimum Gasteiger partial charge on any atom is -0.469 e. The summed E-state index contributed by atoms with van der Waals surface area (Å²) in [5.74, 6) is -0.316. The van der Waals surface area contributed by atoms with Crippen molar-refractivity contribution < 1.29 is 19.1 Å². The highest BCUT2D eigenvalue weighted by molar-refractivity contribution is 5.79. The molecule has 1 amide bonds. The van der Waals surface area contributed by atoms with Gasteiger partial charge in [-0.15, -0.1) is 0 Å². The summed E-state index contributed by atoms with van der Waals surface area (Å²) in [5.41, 5.74) is 4.74. The Morgan fingerprint density at radius 3 is 2.12 bits per heavy atom. The monoisotopic (exact) mass is 339 g/mol. The van der Waals surface area contributed by atoms with E-state index in [0.29, 0.717) is 0 Å². The number of carbonyl (C=O) groups excluding carboxylic acids is 2. The number of hydrogen-bond donors (Lipinski definition) is 0. The molecular formula is C20H21NO4. The van der Waals surface area contributed by atoms with E-state index in [1.165, 1.54) is 34.3 Å². The van der Waals surface area contributed by atoms with Crippen molar-refractivity contribution in [2.45, 2.75) is 12.3 Å². The second-order valence-corrected chi connectivity index (χ2v) is 6.05. The number of fused-ring (bicyclic) bond motifs is 3. The summed E-state index contributed by atoms with van der Waals surface area (Å²) in [5, 5.41) is 0. The first-order valence-corrected chi connectivity index (χ1v) is 8.24. The zero-order valence-electron chi connectivity index (χ0n) is 14.4. The van der Waals surface area contributed by atoms with Crippen molar-refractivity contribution in [1.82, 2.24) is 4.90 Å². The third-order valence-electron chi connectivity index (χ3n) is 4.53. The molecule has 0 radical (unpaired) electrons. The smallest absolute Gasteiger partial charge is 0.409 e. The van der Waals surface area contributed by atoms with Gasteiger partial charge in [-0.3, -0.25) is 4.79 Å². The van der Waals surface area contributed by atoms with Crippen LogP contribution in [0.5, 0.6) is 0 Å². The van der Waals surface area contributed by atoms with Gasteiger partial charge in [0.1, 0.15) is 6.61 Å². The van der Waals surface area contributed by atoms with Gasteiger partial charge in [-0.05, 0) is 22.3 Å². The van der Waals surface area contributed by atoms with E-state index in [1.807, 2.05) is 24.3 Å². The first-order valence-electron chi connectivity index (χ1n) is 8.24. The van der Waals surface area contributed by atoms with Crippen molar-refractivity contribution in [3.63, 3.8) is 0 Å². The Morgan fingerprint density at radius 2 is 1.56 bits per heavy atom. The Kier molecular flexibility index (Phi) is 5.03. The molecule has 0 aromatic heterocycles. The predicted octanol–water partition coefficient (Wildman–Crippen LogP) is 3.43. The van der Waals surface area contributed by atoms with Gasteiger partial charge in [-0.1, -0.05) is 48.5 Å². The lowest BCUT2D eigenvalue weighted by molar-refractivity contribution is -0.140. The third kappa shape index (κ3) is 3.50. The molecule has 130 valence electrons. The van der Waals surface area contributed by atoms with Crippen LogP contribution in [0.1, 0.15) is 23.5 Å². The van der Waals surface area contributed by atoms with E-state index in [9.17, 15) is 9.59 Å². The maximum absolute atomic E-state index is 12.2. The second-order valence-electron chi connectivity index (χ2n) is 6.05. The summed E-state index contributed by atoms with van der Waals surface area (Å²) >= 11 is 0. The van der Waals surface area contributed by atoms with Gasteiger partial charge in [-0.2, -0.15) is 0 Å². The molecule has 0 saturated heterocycles. The van der Waals surface area contributed by atoms with Crippen LogP contribution in [0.25, 0.3) is 11.1 Å². The van der Waals surface area contributed by atoms with Crippen molar-refractivity contribution in [1.29, 1.82) is 0 Å². The Bertz CT molecular complexity index is 741. The number of carbonyl (C=O) groups is 2. The van der Waals surface area contributed by atoms with Gasteiger partial charge in [0.05, 0.1) is 13.5 Å². The number of amides is 1. The number of benzene rings is 2. The lowest BCUT2D eigenvalue weighted by Crippen LogP contribution is -2.31. The minimum atomic E-state index is -0.439. The fourth-order valence-corrected chi connectivity index (χ4v) is 3.16. The van der Waals surface area contributed by atoms with Crippen molar-refractivity contribution in [2.75, 3.05) is 27.3 Å². The summed E-state index contributed by atoms with van der Waals surface area (Å²) in [6, 6.07) is 16.4. The van der Waals surface area contributed by atoms with Crippen molar-refractivity contribution >= 4 is 12.1 Å². The van der Waals surface area contributed by atoms with Gasteiger partial charge in [0.2, 0.25) is 0 Å². The highest BCUT2D eigenvalue weighted by atomic mass is 16.6. The molecule has 0 N–H and O–H groups in total. The molecule has 0 bridgehead atoms. The Hall–Kier alpha value is -2.82. The first-order chi connectivity index (χ1) is 12.1. The Morgan fingerprint density at radius 1 is 1.00 bits per heavy atom. The third-order valence-corrected chi connectivity index (χ3v) is 4.53. The van der Waals surface area contributed by atoms with Crippen LogP contribution in [0.15, 0.2) is 48.5 Å². The predicted molar refractivity (Wildman–Crippen MR) is 94.3 cm³/mol. The fourth-order valence-electron chi connectivity index (χ4n) is 3.16. The molecule has 5 nitrogen and oxygen atoms in total. The normalized spacial score (nSPS) is 12.2. The summed E-state index contributed by atoms with van der Waals surface area (Å²) in [4.78, 5) is 24.7. The van der Waals surface area contributed by atoms with Crippen LogP contribution in [-0.4, -0.2) is 44.3 Å². The highest BCUT2D eigenvalue weighted by Gasteiger charge is 2.29. The van der Waals surface area contributed by atoms with Crippen LogP contribution in [0, 0.1) is 0 Å². The number of rotatable bonds is 5. The zero-order valence-corrected chi connectivity index (χ0v) is 14.4. The van der Waals surface area contributed by atoms with Crippen molar-refractivity contribution in [2.24, 2.45) is 0 Å². The van der Waals surface area contributed by atoms with Gasteiger partial charge < -0.3 is 14.4 Å². The van der Waals surface area contributed by atoms with E-state index < -0.39 is 6.09 Å². The van der Waals surface area contributed by atoms with Gasteiger partial charge >= 0.3 is 12.1 Å². The zero-order chi connectivity index (χ0) is 17.8. The largest absolute Gasteiger partial charge is 0.469 e. The van der Waals surface area contributed by atoms with Gasteiger partial charge in [0.25, 0.3) is 0 Å². The number of esters is 1. The molecular weight excluding hydrogens is 318 g/mol. The van der Waals surface area contributed by atoms with Gasteiger partial charge in [0, 0.05) is 19.5 Å². The average Bonchev–Trinajstić information content (AvgIpc) is 2.97. The molecule has 0 fully saturated rings. The molecule has 25 heavy (non-hydrogen) atoms. The van der Waals surface area contributed by atoms with Crippen molar-refractivity contribution in [3.8, 4) is 11.1 Å². The fraction of sp³-hybridized carbons (Fsp3) is 0.300. The van der Waals surface area contributed by atoms with E-state index in [4.69, 9.17) is 4.74 Å². The van der Waals surface area contributed by atoms with Gasteiger partial charge in [-0.25, -0.2) is 4.79 Å². The molecule has 5 heteroatoms. The summed E-state index contributed by atoms with van der Waals surface area (Å²) in [6.07, 6.45) is -0.289. The topological polar surface area (TPSA) is 55.8 Å². The molecule has 0 saturated carbocycles. The molecule has 0 spiro atoms. The van der Waals surface area contributed by atoms with Gasteiger partial charge in [0.15, 0.2) is 0 Å². The van der Waals surface area contributed by atoms with Crippen LogP contribution in [-0.2, 0) is 14.3 Å². The van der Waals surface area contributed by atoms with Crippen LogP contribution in [0.2, 0.25) is 0 Å². The van der Waals surface area contributed by atoms with Crippen LogP contribution < -0.4 is 0 Å². The first kappa shape index (κ1) is 17.0. The van der Waals surface area contributed by atoms with Crippen LogP contribution >= 0.6 is 0 Å². The van der Waals surface area contributed by atoms with E-state index in [1.54, 1.807) is 7.05 Å². The second kappa shape index (κ2) is 7.38. The lowest BCUT2D eigenvalue weighted by atomic mass is 9.98. The number of hydrogen-bond acceptors (Lipinski definition) is 4. The molecule has 2 aromatic carbocycles. The molecule has 0 unspecified atom stereocenters. The molecule has 2 aromatic rings. The highest BCUT2D eigenvalue weighted by Crippen LogP contribution is 2.44. The van der Waals surface area contributed by atoms with E-state index in [0.717, 1.165) is 0 Å². The Balaban J connectivity index is 1.67. The maximum Gasteiger partial charge on any atom is 0.409 e. The lowest BCUT2D eigenvalue weighted by Gasteiger charge is -2.19. The van der Waals surface area contributed by atoms with E-state index >= 15 is 0 Å². The quantitative estimate of drug-likeness (QED) is 0.783. The maximum atomic E-state index is 12.2. The standard InChI is InChI=1S/C20H21NO4/c1-21(12-11-19(22)24-2)20(23)25-13-18-16-9-5-3-7-14(16)15-8-4-6-10-17(15)18/h3-10,18H,11-13H2,1-2H3. The summed E-state index contributed by atoms with van der Waals surface area (Å²) < 4.78 is 10.1. The molecule has 0 heterocycles. The summed E-state index contributed by atoms with van der Waals surface area (Å²) in [7, 11) is 2.94. The molecule has 1 aliphatic carbocycles.